The lowest BCUT2D eigenvalue weighted by Gasteiger charge is -2.23. The van der Waals surface area contributed by atoms with E-state index in [4.69, 9.17) is 5.73 Å². The maximum Gasteiger partial charge on any atom is 0.254 e. The van der Waals surface area contributed by atoms with Gasteiger partial charge in [-0.15, -0.1) is 0 Å². The monoisotopic (exact) mass is 258 g/mol. The van der Waals surface area contributed by atoms with E-state index >= 15 is 0 Å². The third-order valence-electron chi connectivity index (χ3n) is 3.03. The summed E-state index contributed by atoms with van der Waals surface area (Å²) in [5.41, 5.74) is 6.32. The number of rotatable bonds is 5. The summed E-state index contributed by atoms with van der Waals surface area (Å²) < 4.78 is 0. The van der Waals surface area contributed by atoms with Crippen LogP contribution in [-0.4, -0.2) is 28.7 Å². The molecule has 5 heteroatoms. The van der Waals surface area contributed by atoms with Crippen molar-refractivity contribution in [3.63, 3.8) is 0 Å². The number of aryl methyl sites for hydroxylation is 1. The SMILES string of the molecule is NC(=O)C(CCc1ccccc1)N1C(=O)C=CC1=O. The van der Waals surface area contributed by atoms with Crippen LogP contribution in [0.5, 0.6) is 0 Å². The summed E-state index contributed by atoms with van der Waals surface area (Å²) in [4.78, 5) is 35.5. The van der Waals surface area contributed by atoms with Gasteiger partial charge in [-0.25, -0.2) is 0 Å². The molecule has 2 rings (SSSR count). The number of amides is 3. The van der Waals surface area contributed by atoms with Crippen molar-refractivity contribution in [2.75, 3.05) is 0 Å². The lowest BCUT2D eigenvalue weighted by molar-refractivity contribution is -0.144. The Morgan fingerprint density at radius 3 is 2.21 bits per heavy atom. The Morgan fingerprint density at radius 2 is 1.68 bits per heavy atom. The summed E-state index contributed by atoms with van der Waals surface area (Å²) in [6.45, 7) is 0. The first kappa shape index (κ1) is 13.0. The van der Waals surface area contributed by atoms with Crippen molar-refractivity contribution in [3.8, 4) is 0 Å². The molecule has 1 aromatic rings. The molecule has 1 heterocycles. The first-order valence-corrected chi connectivity index (χ1v) is 5.98. The molecule has 2 N–H and O–H groups in total. The molecular formula is C14H14N2O3. The first-order chi connectivity index (χ1) is 9.09. The highest BCUT2D eigenvalue weighted by atomic mass is 16.2. The summed E-state index contributed by atoms with van der Waals surface area (Å²) in [5.74, 6) is -1.63. The number of hydrogen-bond donors (Lipinski definition) is 1. The molecule has 19 heavy (non-hydrogen) atoms. The zero-order chi connectivity index (χ0) is 13.8. The minimum absolute atomic E-state index is 0.332. The molecule has 0 fully saturated rings. The van der Waals surface area contributed by atoms with Gasteiger partial charge in [-0.3, -0.25) is 19.3 Å². The third kappa shape index (κ3) is 2.88. The van der Waals surface area contributed by atoms with Crippen molar-refractivity contribution >= 4 is 17.7 Å². The molecule has 0 saturated heterocycles. The average molecular weight is 258 g/mol. The van der Waals surface area contributed by atoms with E-state index in [1.165, 1.54) is 0 Å². The molecule has 0 aromatic heterocycles. The lowest BCUT2D eigenvalue weighted by atomic mass is 10.0. The fourth-order valence-electron chi connectivity index (χ4n) is 2.07. The Kier molecular flexibility index (Phi) is 3.75. The van der Waals surface area contributed by atoms with E-state index in [0.29, 0.717) is 12.8 Å². The second kappa shape index (κ2) is 5.48. The number of benzene rings is 1. The van der Waals surface area contributed by atoms with Gasteiger partial charge in [0.05, 0.1) is 0 Å². The summed E-state index contributed by atoms with van der Waals surface area (Å²) in [5, 5.41) is 0. The smallest absolute Gasteiger partial charge is 0.254 e. The Balaban J connectivity index is 2.07. The summed E-state index contributed by atoms with van der Waals surface area (Å²) in [7, 11) is 0. The topological polar surface area (TPSA) is 80.5 Å². The predicted molar refractivity (Wildman–Crippen MR) is 68.7 cm³/mol. The molecule has 0 spiro atoms. The molecule has 0 aliphatic carbocycles. The van der Waals surface area contributed by atoms with Gasteiger partial charge >= 0.3 is 0 Å². The lowest BCUT2D eigenvalue weighted by Crippen LogP contribution is -2.48. The Bertz CT molecular complexity index is 519. The van der Waals surface area contributed by atoms with Gasteiger partial charge in [0.15, 0.2) is 0 Å². The normalized spacial score (nSPS) is 15.9. The van der Waals surface area contributed by atoms with Crippen molar-refractivity contribution in [2.45, 2.75) is 18.9 Å². The number of imide groups is 1. The van der Waals surface area contributed by atoms with Crippen molar-refractivity contribution in [2.24, 2.45) is 5.73 Å². The maximum atomic E-state index is 11.6. The fourth-order valence-corrected chi connectivity index (χ4v) is 2.07. The summed E-state index contributed by atoms with van der Waals surface area (Å²) in [6.07, 6.45) is 3.21. The molecule has 1 aliphatic heterocycles. The summed E-state index contributed by atoms with van der Waals surface area (Å²) in [6, 6.07) is 8.63. The van der Waals surface area contributed by atoms with Crippen molar-refractivity contribution < 1.29 is 14.4 Å². The van der Waals surface area contributed by atoms with Crippen molar-refractivity contribution in [1.82, 2.24) is 4.90 Å². The highest BCUT2D eigenvalue weighted by molar-refractivity contribution is 6.15. The van der Waals surface area contributed by atoms with Gasteiger partial charge < -0.3 is 5.73 Å². The Labute approximate surface area is 110 Å². The highest BCUT2D eigenvalue weighted by Crippen LogP contribution is 2.14. The van der Waals surface area contributed by atoms with Crippen LogP contribution in [0, 0.1) is 0 Å². The molecule has 1 unspecified atom stereocenters. The van der Waals surface area contributed by atoms with E-state index in [9.17, 15) is 14.4 Å². The van der Waals surface area contributed by atoms with Gasteiger partial charge in [-0.1, -0.05) is 30.3 Å². The molecule has 5 nitrogen and oxygen atoms in total. The van der Waals surface area contributed by atoms with Crippen LogP contribution in [0.1, 0.15) is 12.0 Å². The highest BCUT2D eigenvalue weighted by Gasteiger charge is 2.34. The van der Waals surface area contributed by atoms with Crippen LogP contribution in [0.15, 0.2) is 42.5 Å². The van der Waals surface area contributed by atoms with Crippen LogP contribution >= 0.6 is 0 Å². The third-order valence-corrected chi connectivity index (χ3v) is 3.03. The van der Waals surface area contributed by atoms with Crippen LogP contribution in [0.4, 0.5) is 0 Å². The molecule has 1 aromatic carbocycles. The number of hydrogen-bond acceptors (Lipinski definition) is 3. The van der Waals surface area contributed by atoms with Crippen LogP contribution in [0.25, 0.3) is 0 Å². The quantitative estimate of drug-likeness (QED) is 0.776. The minimum atomic E-state index is -0.893. The van der Waals surface area contributed by atoms with Crippen molar-refractivity contribution in [1.29, 1.82) is 0 Å². The van der Waals surface area contributed by atoms with Crippen LogP contribution in [0.2, 0.25) is 0 Å². The van der Waals surface area contributed by atoms with Crippen LogP contribution < -0.4 is 5.73 Å². The minimum Gasteiger partial charge on any atom is -0.368 e. The maximum absolute atomic E-state index is 11.6. The molecule has 98 valence electrons. The summed E-state index contributed by atoms with van der Waals surface area (Å²) >= 11 is 0. The van der Waals surface area contributed by atoms with Gasteiger partial charge in [0.2, 0.25) is 5.91 Å². The Hall–Kier alpha value is -2.43. The van der Waals surface area contributed by atoms with Crippen LogP contribution in [-0.2, 0) is 20.8 Å². The first-order valence-electron chi connectivity index (χ1n) is 5.98. The molecular weight excluding hydrogens is 244 g/mol. The number of nitrogens with zero attached hydrogens (tertiary/aromatic N) is 1. The second-order valence-electron chi connectivity index (χ2n) is 4.32. The van der Waals surface area contributed by atoms with Crippen molar-refractivity contribution in [3.05, 3.63) is 48.0 Å². The number of primary amides is 1. The van der Waals surface area contributed by atoms with E-state index in [2.05, 4.69) is 0 Å². The van der Waals surface area contributed by atoms with Gasteiger partial charge in [0, 0.05) is 12.2 Å². The van der Waals surface area contributed by atoms with E-state index in [-0.39, 0.29) is 0 Å². The second-order valence-corrected chi connectivity index (χ2v) is 4.32. The molecule has 1 atom stereocenters. The molecule has 0 radical (unpaired) electrons. The number of carbonyl (C=O) groups excluding carboxylic acids is 3. The van der Waals surface area contributed by atoms with E-state index < -0.39 is 23.8 Å². The molecule has 3 amide bonds. The van der Waals surface area contributed by atoms with Gasteiger partial charge in [0.25, 0.3) is 11.8 Å². The Morgan fingerprint density at radius 1 is 1.11 bits per heavy atom. The van der Waals surface area contributed by atoms with E-state index in [1.807, 2.05) is 30.3 Å². The van der Waals surface area contributed by atoms with Gasteiger partial charge in [-0.05, 0) is 18.4 Å². The zero-order valence-electron chi connectivity index (χ0n) is 10.3. The molecule has 1 aliphatic rings. The standard InChI is InChI=1S/C14H14N2O3/c15-14(19)11(16-12(17)8-9-13(16)18)7-6-10-4-2-1-3-5-10/h1-5,8-9,11H,6-7H2,(H2,15,19). The average Bonchev–Trinajstić information content (AvgIpc) is 2.72. The fraction of sp³-hybridized carbons (Fsp3) is 0.214. The zero-order valence-corrected chi connectivity index (χ0v) is 10.3. The van der Waals surface area contributed by atoms with E-state index in [1.54, 1.807) is 0 Å². The molecule has 0 saturated carbocycles. The molecule has 0 bridgehead atoms. The number of carbonyl (C=O) groups is 3. The predicted octanol–water partition coefficient (Wildman–Crippen LogP) is 0.398. The van der Waals surface area contributed by atoms with Gasteiger partial charge in [-0.2, -0.15) is 0 Å². The van der Waals surface area contributed by atoms with Crippen LogP contribution in [0.3, 0.4) is 0 Å². The van der Waals surface area contributed by atoms with Gasteiger partial charge in [0.1, 0.15) is 6.04 Å². The number of nitrogens with two attached hydrogens (primary N) is 1. The van der Waals surface area contributed by atoms with E-state index in [0.717, 1.165) is 22.6 Å². The largest absolute Gasteiger partial charge is 0.368 e.